The highest BCUT2D eigenvalue weighted by Crippen LogP contribution is 2.09. The van der Waals surface area contributed by atoms with Crippen molar-refractivity contribution in [1.29, 1.82) is 0 Å². The van der Waals surface area contributed by atoms with Crippen molar-refractivity contribution >= 4 is 33.0 Å². The van der Waals surface area contributed by atoms with Crippen LogP contribution in [0, 0.1) is 0 Å². The summed E-state index contributed by atoms with van der Waals surface area (Å²) in [6.45, 7) is 5.19. The highest BCUT2D eigenvalue weighted by atomic mass is 19.1. The molecule has 0 aliphatic heterocycles. The minimum absolute atomic E-state index is 0.0774. The van der Waals surface area contributed by atoms with Crippen LogP contribution in [0.25, 0.3) is 0 Å². The molecule has 0 aliphatic rings. The van der Waals surface area contributed by atoms with Crippen molar-refractivity contribution < 1.29 is 13.8 Å². The normalized spacial score (nSPS) is 11.0. The van der Waals surface area contributed by atoms with Crippen molar-refractivity contribution in [1.82, 2.24) is 9.69 Å². The second-order valence-corrected chi connectivity index (χ2v) is 4.12. The molecule has 0 bridgehead atoms. The molecule has 0 aliphatic carbocycles. The number of carbonyl (C=O) groups excluding carboxylic acids is 1. The predicted molar refractivity (Wildman–Crippen MR) is 59.7 cm³/mol. The number of rotatable bonds is 2. The number of nitrogens with one attached hydrogen (secondary N) is 1. The van der Waals surface area contributed by atoms with Gasteiger partial charge in [-0.3, -0.25) is 9.91 Å². The predicted octanol–water partition coefficient (Wildman–Crippen LogP) is 0.376. The van der Waals surface area contributed by atoms with E-state index in [-0.39, 0.29) is 19.1 Å². The third kappa shape index (κ3) is 3.60. The summed E-state index contributed by atoms with van der Waals surface area (Å²) in [6.07, 6.45) is -0.670. The van der Waals surface area contributed by atoms with E-state index in [9.17, 15) is 9.11 Å². The summed E-state index contributed by atoms with van der Waals surface area (Å²) in [4.78, 5) is 11.3. The van der Waals surface area contributed by atoms with Crippen molar-refractivity contribution in [3.63, 3.8) is 0 Å². The van der Waals surface area contributed by atoms with E-state index in [1.807, 2.05) is 0 Å². The standard InChI is InChI=1S/C8H11B2FN3O2/c1-8(2,3)16-7(15)12-6-4-5(9)14(10-11)13-6/h4H,1-3H3,(H,12,13,15). The highest BCUT2D eigenvalue weighted by molar-refractivity contribution is 6.37. The molecule has 0 fully saturated rings. The first-order valence-corrected chi connectivity index (χ1v) is 4.60. The van der Waals surface area contributed by atoms with Gasteiger partial charge in [0.15, 0.2) is 5.82 Å². The average Bonchev–Trinajstić information content (AvgIpc) is 2.42. The number of nitrogens with zero attached hydrogens (tertiary/aromatic N) is 2. The molecule has 83 valence electrons. The van der Waals surface area contributed by atoms with Gasteiger partial charge in [-0.1, -0.05) is 0 Å². The Kier molecular flexibility index (Phi) is 3.62. The summed E-state index contributed by atoms with van der Waals surface area (Å²) in [5.41, 5.74) is -0.529. The summed E-state index contributed by atoms with van der Waals surface area (Å²) in [6, 6.07) is 1.32. The van der Waals surface area contributed by atoms with Crippen LogP contribution in [0.4, 0.5) is 14.9 Å². The molecule has 0 saturated carbocycles. The first-order valence-electron chi connectivity index (χ1n) is 4.60. The van der Waals surface area contributed by atoms with Gasteiger partial charge >= 0.3 is 13.8 Å². The van der Waals surface area contributed by atoms with Crippen molar-refractivity contribution in [3.05, 3.63) is 6.07 Å². The quantitative estimate of drug-likeness (QED) is 0.735. The van der Waals surface area contributed by atoms with E-state index >= 15 is 0 Å². The molecule has 0 atom stereocenters. The third-order valence-electron chi connectivity index (χ3n) is 1.49. The zero-order chi connectivity index (χ0) is 12.3. The number of ether oxygens (including phenoxy) is 1. The van der Waals surface area contributed by atoms with E-state index in [2.05, 4.69) is 10.4 Å². The first kappa shape index (κ1) is 12.6. The van der Waals surface area contributed by atoms with Gasteiger partial charge in [-0.05, 0) is 32.4 Å². The molecule has 1 rings (SSSR count). The van der Waals surface area contributed by atoms with Crippen LogP contribution in [0.2, 0.25) is 0 Å². The molecule has 1 aromatic heterocycles. The van der Waals surface area contributed by atoms with Crippen LogP contribution in [0.5, 0.6) is 0 Å². The number of hydrogen-bond acceptors (Lipinski definition) is 3. The fraction of sp³-hybridized carbons (Fsp3) is 0.500. The third-order valence-corrected chi connectivity index (χ3v) is 1.49. The van der Waals surface area contributed by atoms with Gasteiger partial charge in [0.25, 0.3) is 0 Å². The van der Waals surface area contributed by atoms with E-state index in [0.29, 0.717) is 0 Å². The molecule has 16 heavy (non-hydrogen) atoms. The van der Waals surface area contributed by atoms with Gasteiger partial charge in [-0.25, -0.2) is 4.79 Å². The van der Waals surface area contributed by atoms with E-state index in [0.717, 1.165) is 4.59 Å². The van der Waals surface area contributed by atoms with Gasteiger partial charge in [-0.2, -0.15) is 5.10 Å². The van der Waals surface area contributed by atoms with Crippen molar-refractivity contribution in [2.24, 2.45) is 0 Å². The van der Waals surface area contributed by atoms with E-state index < -0.39 is 11.7 Å². The van der Waals surface area contributed by atoms with E-state index in [4.69, 9.17) is 12.6 Å². The SMILES string of the molecule is [B]c1cc(NC(=O)OC(C)(C)C)nn1[B]F. The summed E-state index contributed by atoms with van der Waals surface area (Å²) in [5, 5.41) is 5.98. The van der Waals surface area contributed by atoms with Crippen molar-refractivity contribution in [2.45, 2.75) is 26.4 Å². The second kappa shape index (κ2) is 4.59. The van der Waals surface area contributed by atoms with Gasteiger partial charge in [0.1, 0.15) is 13.4 Å². The summed E-state index contributed by atoms with van der Waals surface area (Å²) in [7, 11) is 5.58. The number of carbonyl (C=O) groups is 1. The summed E-state index contributed by atoms with van der Waals surface area (Å²) in [5.74, 6) is 0.126. The minimum atomic E-state index is -0.670. The Morgan fingerprint density at radius 3 is 2.75 bits per heavy atom. The number of hydrogen-bond donors (Lipinski definition) is 1. The molecule has 0 unspecified atom stereocenters. The summed E-state index contributed by atoms with van der Waals surface area (Å²) < 4.78 is 17.9. The van der Waals surface area contributed by atoms with Crippen LogP contribution in [0.3, 0.4) is 0 Å². The molecule has 1 amide bonds. The summed E-state index contributed by atoms with van der Waals surface area (Å²) >= 11 is 0. The van der Waals surface area contributed by atoms with Crippen LogP contribution in [0.15, 0.2) is 6.07 Å². The fourth-order valence-corrected chi connectivity index (χ4v) is 0.956. The molecule has 1 aromatic rings. The molecular weight excluding hydrogens is 211 g/mol. The minimum Gasteiger partial charge on any atom is -0.444 e. The largest absolute Gasteiger partial charge is 0.512 e. The molecule has 0 aromatic carbocycles. The Morgan fingerprint density at radius 2 is 2.31 bits per heavy atom. The lowest BCUT2D eigenvalue weighted by Crippen LogP contribution is -2.27. The van der Waals surface area contributed by atoms with E-state index in [1.54, 1.807) is 20.8 Å². The lowest BCUT2D eigenvalue weighted by molar-refractivity contribution is 0.0635. The van der Waals surface area contributed by atoms with Crippen LogP contribution >= 0.6 is 0 Å². The van der Waals surface area contributed by atoms with E-state index in [1.165, 1.54) is 6.07 Å². The molecule has 1 N–H and O–H groups in total. The Morgan fingerprint density at radius 1 is 1.69 bits per heavy atom. The van der Waals surface area contributed by atoms with Crippen molar-refractivity contribution in [3.8, 4) is 0 Å². The van der Waals surface area contributed by atoms with Crippen LogP contribution in [-0.4, -0.2) is 36.9 Å². The topological polar surface area (TPSA) is 56.1 Å². The smallest absolute Gasteiger partial charge is 0.444 e. The van der Waals surface area contributed by atoms with Crippen LogP contribution < -0.4 is 10.9 Å². The molecular formula is C8H11B2FN3O2. The molecule has 0 spiro atoms. The maximum absolute atomic E-state index is 12.2. The monoisotopic (exact) mass is 222 g/mol. The lowest BCUT2D eigenvalue weighted by Gasteiger charge is -2.19. The Balaban J connectivity index is 2.63. The van der Waals surface area contributed by atoms with Crippen LogP contribution in [-0.2, 0) is 4.74 Å². The maximum Gasteiger partial charge on any atom is 0.512 e. The first-order chi connectivity index (χ1) is 7.31. The van der Waals surface area contributed by atoms with Crippen molar-refractivity contribution in [2.75, 3.05) is 5.32 Å². The second-order valence-electron chi connectivity index (χ2n) is 4.12. The molecule has 1 heterocycles. The van der Waals surface area contributed by atoms with Gasteiger partial charge < -0.3 is 9.05 Å². The molecule has 5 nitrogen and oxygen atoms in total. The van der Waals surface area contributed by atoms with Gasteiger partial charge in [0.05, 0.1) is 0 Å². The Bertz CT molecular complexity index is 389. The molecule has 0 saturated heterocycles. The average molecular weight is 222 g/mol. The fourth-order valence-electron chi connectivity index (χ4n) is 0.956. The van der Waals surface area contributed by atoms with Gasteiger partial charge in [0, 0.05) is 0 Å². The van der Waals surface area contributed by atoms with Gasteiger partial charge in [-0.15, -0.1) is 0 Å². The zero-order valence-corrected chi connectivity index (χ0v) is 9.32. The van der Waals surface area contributed by atoms with Crippen LogP contribution in [0.1, 0.15) is 20.8 Å². The highest BCUT2D eigenvalue weighted by Gasteiger charge is 2.17. The number of aromatic nitrogens is 2. The molecule has 3 radical (unpaired) electrons. The lowest BCUT2D eigenvalue weighted by atomic mass is 10.0. The number of amides is 1. The number of halogens is 1. The number of anilines is 1. The Labute approximate surface area is 95.1 Å². The Hall–Kier alpha value is -1.46. The molecule has 8 heteroatoms. The van der Waals surface area contributed by atoms with Gasteiger partial charge in [0.2, 0.25) is 0 Å². The zero-order valence-electron chi connectivity index (χ0n) is 9.32. The maximum atomic E-state index is 12.2.